The second-order valence-electron chi connectivity index (χ2n) is 5.90. The van der Waals surface area contributed by atoms with E-state index >= 15 is 0 Å². The lowest BCUT2D eigenvalue weighted by atomic mass is 10.0. The summed E-state index contributed by atoms with van der Waals surface area (Å²) in [6.45, 7) is 0.993. The minimum Gasteiger partial charge on any atom is -0.357 e. The number of amidine groups is 1. The molecule has 0 bridgehead atoms. The lowest BCUT2D eigenvalue weighted by Crippen LogP contribution is -2.19. The van der Waals surface area contributed by atoms with E-state index in [1.54, 1.807) is 0 Å². The van der Waals surface area contributed by atoms with Crippen molar-refractivity contribution in [2.24, 2.45) is 10.9 Å². The zero-order valence-corrected chi connectivity index (χ0v) is 12.9. The molecular formula is C17H24N2S. The molecule has 1 N–H and O–H groups in total. The van der Waals surface area contributed by atoms with Crippen LogP contribution < -0.4 is 5.32 Å². The van der Waals surface area contributed by atoms with Gasteiger partial charge in [-0.05, 0) is 24.3 Å². The van der Waals surface area contributed by atoms with Gasteiger partial charge in [0.05, 0.1) is 6.04 Å². The number of nitrogens with one attached hydrogen (secondary N) is 1. The number of rotatable bonds is 5. The predicted molar refractivity (Wildman–Crippen MR) is 88.3 cm³/mol. The van der Waals surface area contributed by atoms with Crippen LogP contribution >= 0.6 is 11.8 Å². The van der Waals surface area contributed by atoms with Crippen molar-refractivity contribution < 1.29 is 0 Å². The van der Waals surface area contributed by atoms with Gasteiger partial charge >= 0.3 is 0 Å². The maximum atomic E-state index is 4.73. The van der Waals surface area contributed by atoms with Crippen LogP contribution in [0.1, 0.15) is 50.1 Å². The first kappa shape index (κ1) is 14.0. The molecule has 3 heteroatoms. The third kappa shape index (κ3) is 3.78. The summed E-state index contributed by atoms with van der Waals surface area (Å²) in [6.07, 6.45) is 8.46. The lowest BCUT2D eigenvalue weighted by Gasteiger charge is -2.10. The Bertz CT molecular complexity index is 438. The van der Waals surface area contributed by atoms with Crippen LogP contribution in [-0.2, 0) is 0 Å². The van der Waals surface area contributed by atoms with Gasteiger partial charge in [0.1, 0.15) is 0 Å². The van der Waals surface area contributed by atoms with Crippen molar-refractivity contribution >= 4 is 16.9 Å². The van der Waals surface area contributed by atoms with Crippen molar-refractivity contribution in [3.63, 3.8) is 0 Å². The molecule has 2 fully saturated rings. The molecule has 0 radical (unpaired) electrons. The summed E-state index contributed by atoms with van der Waals surface area (Å²) >= 11 is 1.87. The van der Waals surface area contributed by atoms with Gasteiger partial charge < -0.3 is 5.32 Å². The standard InChI is InChI=1S/C17H24N2S/c1-2-10-15(11-3-1)16-13-20-17(19-16)18-12-6-9-14-7-4-5-8-14/h1-3,10-11,14,16H,4-9,12-13H2,(H,18,19). The van der Waals surface area contributed by atoms with E-state index in [0.717, 1.165) is 23.4 Å². The molecule has 1 unspecified atom stereocenters. The van der Waals surface area contributed by atoms with Crippen LogP contribution in [0.5, 0.6) is 0 Å². The quantitative estimate of drug-likeness (QED) is 0.813. The van der Waals surface area contributed by atoms with Gasteiger partial charge in [0, 0.05) is 12.3 Å². The molecule has 2 nitrogen and oxygen atoms in total. The van der Waals surface area contributed by atoms with Gasteiger partial charge in [-0.2, -0.15) is 0 Å². The second kappa shape index (κ2) is 7.16. The van der Waals surface area contributed by atoms with Gasteiger partial charge in [-0.3, -0.25) is 4.99 Å². The summed E-state index contributed by atoms with van der Waals surface area (Å²) in [5.74, 6) is 2.10. The third-order valence-corrected chi connectivity index (χ3v) is 5.41. The highest BCUT2D eigenvalue weighted by molar-refractivity contribution is 8.14. The van der Waals surface area contributed by atoms with E-state index in [2.05, 4.69) is 35.6 Å². The SMILES string of the molecule is c1ccc(C2CSC(=NCCCC3CCCC3)N2)cc1. The van der Waals surface area contributed by atoms with Crippen LogP contribution in [0, 0.1) is 5.92 Å². The van der Waals surface area contributed by atoms with Gasteiger partial charge in [0.2, 0.25) is 0 Å². The van der Waals surface area contributed by atoms with Crippen molar-refractivity contribution in [2.75, 3.05) is 12.3 Å². The van der Waals surface area contributed by atoms with E-state index in [4.69, 9.17) is 4.99 Å². The second-order valence-corrected chi connectivity index (χ2v) is 6.91. The van der Waals surface area contributed by atoms with Crippen LogP contribution in [0.25, 0.3) is 0 Å². The Morgan fingerprint density at radius 1 is 1.15 bits per heavy atom. The van der Waals surface area contributed by atoms with E-state index < -0.39 is 0 Å². The highest BCUT2D eigenvalue weighted by Gasteiger charge is 2.21. The fourth-order valence-electron chi connectivity index (χ4n) is 3.21. The first-order valence-electron chi connectivity index (χ1n) is 7.90. The zero-order chi connectivity index (χ0) is 13.6. The lowest BCUT2D eigenvalue weighted by molar-refractivity contribution is 0.488. The molecule has 1 aromatic rings. The molecule has 1 saturated heterocycles. The molecule has 1 heterocycles. The zero-order valence-electron chi connectivity index (χ0n) is 12.1. The maximum Gasteiger partial charge on any atom is 0.157 e. The number of hydrogen-bond acceptors (Lipinski definition) is 2. The molecule has 1 atom stereocenters. The van der Waals surface area contributed by atoms with E-state index in [1.165, 1.54) is 44.1 Å². The minimum absolute atomic E-state index is 0.440. The minimum atomic E-state index is 0.440. The number of thioether (sulfide) groups is 1. The molecule has 1 aliphatic carbocycles. The normalized spacial score (nSPS) is 25.2. The summed E-state index contributed by atoms with van der Waals surface area (Å²) < 4.78 is 0. The molecule has 1 aromatic carbocycles. The van der Waals surface area contributed by atoms with Gasteiger partial charge in [0.15, 0.2) is 5.17 Å². The Morgan fingerprint density at radius 3 is 2.75 bits per heavy atom. The molecule has 0 aromatic heterocycles. The average Bonchev–Trinajstić information content (AvgIpc) is 3.16. The van der Waals surface area contributed by atoms with Crippen LogP contribution in [-0.4, -0.2) is 17.5 Å². The Morgan fingerprint density at radius 2 is 1.95 bits per heavy atom. The van der Waals surface area contributed by atoms with Crippen LogP contribution in [0.4, 0.5) is 0 Å². The molecule has 1 aliphatic heterocycles. The molecule has 2 aliphatic rings. The fraction of sp³-hybridized carbons (Fsp3) is 0.588. The summed E-state index contributed by atoms with van der Waals surface area (Å²) in [6, 6.07) is 11.1. The average molecular weight is 288 g/mol. The number of benzene rings is 1. The van der Waals surface area contributed by atoms with Gasteiger partial charge in [-0.15, -0.1) is 0 Å². The number of hydrogen-bond donors (Lipinski definition) is 1. The predicted octanol–water partition coefficient (Wildman–Crippen LogP) is 4.39. The van der Waals surface area contributed by atoms with Crippen molar-refractivity contribution in [3.05, 3.63) is 35.9 Å². The molecule has 20 heavy (non-hydrogen) atoms. The molecule has 0 amide bonds. The smallest absolute Gasteiger partial charge is 0.157 e. The topological polar surface area (TPSA) is 24.4 Å². The highest BCUT2D eigenvalue weighted by Crippen LogP contribution is 2.29. The van der Waals surface area contributed by atoms with E-state index in [0.29, 0.717) is 6.04 Å². The fourth-order valence-corrected chi connectivity index (χ4v) is 4.22. The molecular weight excluding hydrogens is 264 g/mol. The summed E-state index contributed by atoms with van der Waals surface area (Å²) in [5, 5.41) is 4.69. The number of aliphatic imine (C=N–C) groups is 1. The largest absolute Gasteiger partial charge is 0.357 e. The highest BCUT2D eigenvalue weighted by atomic mass is 32.2. The van der Waals surface area contributed by atoms with Crippen molar-refractivity contribution in [1.29, 1.82) is 0 Å². The Labute approximate surface area is 126 Å². The van der Waals surface area contributed by atoms with Crippen molar-refractivity contribution in [2.45, 2.75) is 44.6 Å². The number of nitrogens with zero attached hydrogens (tertiary/aromatic N) is 1. The Kier molecular flexibility index (Phi) is 5.01. The van der Waals surface area contributed by atoms with Crippen LogP contribution in [0.3, 0.4) is 0 Å². The van der Waals surface area contributed by atoms with Crippen LogP contribution in [0.15, 0.2) is 35.3 Å². The van der Waals surface area contributed by atoms with Crippen molar-refractivity contribution in [3.8, 4) is 0 Å². The van der Waals surface area contributed by atoms with Crippen molar-refractivity contribution in [1.82, 2.24) is 5.32 Å². The summed E-state index contributed by atoms with van der Waals surface area (Å²) in [4.78, 5) is 4.73. The van der Waals surface area contributed by atoms with Gasteiger partial charge in [-0.25, -0.2) is 0 Å². The van der Waals surface area contributed by atoms with E-state index in [-0.39, 0.29) is 0 Å². The third-order valence-electron chi connectivity index (χ3n) is 4.39. The summed E-state index contributed by atoms with van der Waals surface area (Å²) in [7, 11) is 0. The molecule has 1 saturated carbocycles. The van der Waals surface area contributed by atoms with Crippen LogP contribution in [0.2, 0.25) is 0 Å². The van der Waals surface area contributed by atoms with Gasteiger partial charge in [-0.1, -0.05) is 67.8 Å². The van der Waals surface area contributed by atoms with Gasteiger partial charge in [0.25, 0.3) is 0 Å². The molecule has 108 valence electrons. The van der Waals surface area contributed by atoms with E-state index in [9.17, 15) is 0 Å². The maximum absolute atomic E-state index is 4.73. The monoisotopic (exact) mass is 288 g/mol. The summed E-state index contributed by atoms with van der Waals surface area (Å²) in [5.41, 5.74) is 1.37. The first-order chi connectivity index (χ1) is 9.92. The first-order valence-corrected chi connectivity index (χ1v) is 8.89. The molecule has 3 rings (SSSR count). The Hall–Kier alpha value is -0.960. The molecule has 0 spiro atoms. The Balaban J connectivity index is 1.41. The van der Waals surface area contributed by atoms with E-state index in [1.807, 2.05) is 11.8 Å².